The highest BCUT2D eigenvalue weighted by atomic mass is 15.0. The fourth-order valence-electron chi connectivity index (χ4n) is 6.04. The van der Waals surface area contributed by atoms with Crippen molar-refractivity contribution in [2.75, 3.05) is 0 Å². The van der Waals surface area contributed by atoms with Gasteiger partial charge in [0, 0.05) is 38.6 Å². The molecule has 2 aromatic heterocycles. The summed E-state index contributed by atoms with van der Waals surface area (Å²) in [4.78, 5) is 3.61. The van der Waals surface area contributed by atoms with E-state index in [4.69, 9.17) is 0 Å². The molecular weight excluding hydrogens is 472 g/mol. The predicted molar refractivity (Wildman–Crippen MR) is 166 cm³/mol. The molecule has 1 aliphatic carbocycles. The molecule has 2 nitrogen and oxygen atoms in total. The second-order valence-corrected chi connectivity index (χ2v) is 10.3. The highest BCUT2D eigenvalue weighted by molar-refractivity contribution is 6.12. The number of hydrogen-bond acceptors (Lipinski definition) is 0. The van der Waals surface area contributed by atoms with Crippen LogP contribution in [0.25, 0.3) is 72.8 Å². The highest BCUT2D eigenvalue weighted by Gasteiger charge is 2.16. The molecule has 7 aromatic rings. The van der Waals surface area contributed by atoms with Crippen LogP contribution in [0.5, 0.6) is 0 Å². The van der Waals surface area contributed by atoms with Gasteiger partial charge < -0.3 is 9.55 Å². The Morgan fingerprint density at radius 2 is 1.13 bits per heavy atom. The number of fused-ring (bicyclic) bond motifs is 6. The van der Waals surface area contributed by atoms with Crippen molar-refractivity contribution in [1.29, 1.82) is 0 Å². The first-order valence-electron chi connectivity index (χ1n) is 13.5. The SMILES string of the molecule is C1=Cc2[nH]c3ccc(-n4c5ccc(-c6ccccc6)cc5c5cc(-c6ccccc6)ccc54)cc3c2C=CC1. The molecule has 0 radical (unpaired) electrons. The molecule has 0 saturated heterocycles. The second kappa shape index (κ2) is 8.75. The van der Waals surface area contributed by atoms with Crippen molar-refractivity contribution in [3.8, 4) is 27.9 Å². The number of benzene rings is 5. The maximum absolute atomic E-state index is 3.61. The lowest BCUT2D eigenvalue weighted by atomic mass is 10.0. The molecule has 0 fully saturated rings. The van der Waals surface area contributed by atoms with Gasteiger partial charge in [-0.2, -0.15) is 0 Å². The van der Waals surface area contributed by atoms with Gasteiger partial charge in [0.05, 0.1) is 11.0 Å². The highest BCUT2D eigenvalue weighted by Crippen LogP contribution is 2.38. The quantitative estimate of drug-likeness (QED) is 0.250. The third kappa shape index (κ3) is 3.57. The monoisotopic (exact) mass is 498 g/mol. The van der Waals surface area contributed by atoms with Crippen LogP contribution < -0.4 is 0 Å². The van der Waals surface area contributed by atoms with E-state index in [-0.39, 0.29) is 0 Å². The standard InChI is InChI=1S/C37H26N2/c1-4-10-25(11-5-1)27-16-20-36-32(22-27)33-23-28(26-12-6-2-7-13-26)17-21-37(33)39(36)29-18-19-35-31(24-29)30-14-8-3-9-15-34(30)38-35/h1-2,4-24,38H,3H2. The average Bonchev–Trinajstić information content (AvgIpc) is 3.41. The number of H-pyrrole nitrogens is 1. The number of nitrogens with zero attached hydrogens (tertiary/aromatic N) is 1. The van der Waals surface area contributed by atoms with E-state index in [2.05, 4.69) is 149 Å². The molecule has 0 bridgehead atoms. The van der Waals surface area contributed by atoms with E-state index in [1.165, 1.54) is 71.9 Å². The first-order valence-corrected chi connectivity index (χ1v) is 13.5. The van der Waals surface area contributed by atoms with Crippen molar-refractivity contribution < 1.29 is 0 Å². The van der Waals surface area contributed by atoms with E-state index in [9.17, 15) is 0 Å². The first-order chi connectivity index (χ1) is 19.3. The second-order valence-electron chi connectivity index (χ2n) is 10.3. The number of nitrogens with one attached hydrogen (secondary N) is 1. The van der Waals surface area contributed by atoms with Crippen LogP contribution in [0, 0.1) is 0 Å². The minimum absolute atomic E-state index is 0.962. The molecule has 0 unspecified atom stereocenters. The number of allylic oxidation sites excluding steroid dienone is 2. The minimum Gasteiger partial charge on any atom is -0.355 e. The van der Waals surface area contributed by atoms with Gasteiger partial charge in [0.2, 0.25) is 0 Å². The van der Waals surface area contributed by atoms with Gasteiger partial charge in [0.1, 0.15) is 0 Å². The van der Waals surface area contributed by atoms with Gasteiger partial charge in [-0.25, -0.2) is 0 Å². The lowest BCUT2D eigenvalue weighted by Crippen LogP contribution is -1.94. The zero-order valence-electron chi connectivity index (χ0n) is 21.4. The molecule has 184 valence electrons. The van der Waals surface area contributed by atoms with Gasteiger partial charge in [-0.15, -0.1) is 0 Å². The van der Waals surface area contributed by atoms with E-state index in [0.717, 1.165) is 6.42 Å². The van der Waals surface area contributed by atoms with Gasteiger partial charge >= 0.3 is 0 Å². The van der Waals surface area contributed by atoms with Crippen LogP contribution in [-0.2, 0) is 0 Å². The van der Waals surface area contributed by atoms with Crippen LogP contribution in [0.2, 0.25) is 0 Å². The Morgan fingerprint density at radius 1 is 0.513 bits per heavy atom. The third-order valence-electron chi connectivity index (χ3n) is 7.93. The Labute approximate surface area is 227 Å². The Balaban J connectivity index is 1.41. The fourth-order valence-corrected chi connectivity index (χ4v) is 6.04. The van der Waals surface area contributed by atoms with Crippen LogP contribution >= 0.6 is 0 Å². The summed E-state index contributed by atoms with van der Waals surface area (Å²) in [6.07, 6.45) is 9.86. The molecule has 0 aliphatic heterocycles. The normalized spacial score (nSPS) is 12.8. The molecule has 1 N–H and O–H groups in total. The summed E-state index contributed by atoms with van der Waals surface area (Å²) >= 11 is 0. The molecule has 0 atom stereocenters. The fraction of sp³-hybridized carbons (Fsp3) is 0.0270. The average molecular weight is 499 g/mol. The number of aromatic nitrogens is 2. The molecule has 8 rings (SSSR count). The summed E-state index contributed by atoms with van der Waals surface area (Å²) < 4.78 is 2.42. The van der Waals surface area contributed by atoms with Crippen LogP contribution in [0.4, 0.5) is 0 Å². The zero-order valence-corrected chi connectivity index (χ0v) is 21.4. The Morgan fingerprint density at radius 3 is 1.77 bits per heavy atom. The van der Waals surface area contributed by atoms with Crippen molar-refractivity contribution in [2.45, 2.75) is 6.42 Å². The van der Waals surface area contributed by atoms with Crippen molar-refractivity contribution in [2.24, 2.45) is 0 Å². The Bertz CT molecular complexity index is 1970. The van der Waals surface area contributed by atoms with Crippen molar-refractivity contribution in [1.82, 2.24) is 9.55 Å². The summed E-state index contributed by atoms with van der Waals surface area (Å²) in [5.74, 6) is 0. The maximum Gasteiger partial charge on any atom is 0.0541 e. The Hall–Kier alpha value is -5.08. The van der Waals surface area contributed by atoms with E-state index >= 15 is 0 Å². The molecular formula is C37H26N2. The molecule has 0 spiro atoms. The number of hydrogen-bond donors (Lipinski definition) is 1. The Kier molecular flexibility index (Phi) is 4.92. The van der Waals surface area contributed by atoms with Gasteiger partial charge in [0.25, 0.3) is 0 Å². The summed E-state index contributed by atoms with van der Waals surface area (Å²) in [6, 6.07) is 41.9. The predicted octanol–water partition coefficient (Wildman–Crippen LogP) is 10.0. The number of rotatable bonds is 3. The van der Waals surface area contributed by atoms with Gasteiger partial charge in [-0.05, 0) is 77.2 Å². The topological polar surface area (TPSA) is 20.7 Å². The van der Waals surface area contributed by atoms with E-state index in [1.54, 1.807) is 0 Å². The molecule has 2 heteroatoms. The summed E-state index contributed by atoms with van der Waals surface area (Å²) in [5, 5.41) is 3.78. The molecule has 39 heavy (non-hydrogen) atoms. The van der Waals surface area contributed by atoms with E-state index in [1.807, 2.05) is 0 Å². The summed E-state index contributed by atoms with van der Waals surface area (Å²) in [5.41, 5.74) is 12.1. The molecule has 0 amide bonds. The van der Waals surface area contributed by atoms with Crippen LogP contribution in [-0.4, -0.2) is 9.55 Å². The van der Waals surface area contributed by atoms with E-state index < -0.39 is 0 Å². The summed E-state index contributed by atoms with van der Waals surface area (Å²) in [6.45, 7) is 0. The molecule has 1 aliphatic rings. The van der Waals surface area contributed by atoms with Gasteiger partial charge in [-0.1, -0.05) is 91.0 Å². The van der Waals surface area contributed by atoms with Gasteiger partial charge in [-0.3, -0.25) is 0 Å². The molecule has 5 aromatic carbocycles. The van der Waals surface area contributed by atoms with Crippen molar-refractivity contribution in [3.05, 3.63) is 139 Å². The first kappa shape index (κ1) is 22.0. The lowest BCUT2D eigenvalue weighted by molar-refractivity contribution is 1.19. The maximum atomic E-state index is 3.61. The van der Waals surface area contributed by atoms with Crippen molar-refractivity contribution in [3.63, 3.8) is 0 Å². The van der Waals surface area contributed by atoms with Crippen LogP contribution in [0.3, 0.4) is 0 Å². The summed E-state index contributed by atoms with van der Waals surface area (Å²) in [7, 11) is 0. The molecule has 2 heterocycles. The van der Waals surface area contributed by atoms with Crippen LogP contribution in [0.15, 0.2) is 127 Å². The van der Waals surface area contributed by atoms with E-state index in [0.29, 0.717) is 0 Å². The van der Waals surface area contributed by atoms with Crippen LogP contribution in [0.1, 0.15) is 17.7 Å². The molecule has 0 saturated carbocycles. The minimum atomic E-state index is 0.962. The lowest BCUT2D eigenvalue weighted by Gasteiger charge is -2.10. The van der Waals surface area contributed by atoms with Crippen molar-refractivity contribution >= 4 is 44.9 Å². The third-order valence-corrected chi connectivity index (χ3v) is 7.93. The largest absolute Gasteiger partial charge is 0.355 e. The van der Waals surface area contributed by atoms with Gasteiger partial charge in [0.15, 0.2) is 0 Å². The zero-order chi connectivity index (χ0) is 25.8. The smallest absolute Gasteiger partial charge is 0.0541 e. The number of aromatic amines is 1.